The second-order valence-corrected chi connectivity index (χ2v) is 3.54. The van der Waals surface area contributed by atoms with Crippen LogP contribution in [0.5, 0.6) is 0 Å². The maximum Gasteiger partial charge on any atom is 0.311 e. The van der Waals surface area contributed by atoms with E-state index in [0.29, 0.717) is 0 Å². The van der Waals surface area contributed by atoms with E-state index >= 15 is 0 Å². The fourth-order valence-electron chi connectivity index (χ4n) is 0.886. The average molecular weight is 186 g/mol. The van der Waals surface area contributed by atoms with Gasteiger partial charge in [0.1, 0.15) is 13.2 Å². The zero-order valence-corrected chi connectivity index (χ0v) is 7.96. The molecule has 0 amide bonds. The van der Waals surface area contributed by atoms with Crippen molar-refractivity contribution in [1.82, 2.24) is 0 Å². The van der Waals surface area contributed by atoms with Gasteiger partial charge in [-0.15, -0.1) is 0 Å². The molecule has 13 heavy (non-hydrogen) atoms. The predicted octanol–water partition coefficient (Wildman–Crippen LogP) is 0.893. The molecule has 0 N–H and O–H groups in total. The van der Waals surface area contributed by atoms with Crippen molar-refractivity contribution in [3.63, 3.8) is 0 Å². The van der Waals surface area contributed by atoms with E-state index in [4.69, 9.17) is 4.74 Å². The molecule has 0 heterocycles. The summed E-state index contributed by atoms with van der Waals surface area (Å²) in [5.41, 5.74) is -0.254. The van der Waals surface area contributed by atoms with Crippen molar-refractivity contribution in [1.29, 1.82) is 0 Å². The third kappa shape index (κ3) is 3.05. The van der Waals surface area contributed by atoms with Gasteiger partial charge in [0.05, 0.1) is 5.41 Å². The molecule has 1 aliphatic carbocycles. The molecule has 0 bridgehead atoms. The molecule has 4 heteroatoms. The summed E-state index contributed by atoms with van der Waals surface area (Å²) in [5, 5.41) is 0. The first kappa shape index (κ1) is 10.0. The molecule has 1 aliphatic rings. The highest BCUT2D eigenvalue weighted by Crippen LogP contribution is 2.45. The van der Waals surface area contributed by atoms with Crippen LogP contribution < -0.4 is 0 Å². The van der Waals surface area contributed by atoms with Gasteiger partial charge in [0.15, 0.2) is 0 Å². The third-order valence-corrected chi connectivity index (χ3v) is 2.11. The van der Waals surface area contributed by atoms with E-state index < -0.39 is 0 Å². The predicted molar refractivity (Wildman–Crippen MR) is 44.9 cm³/mol. The van der Waals surface area contributed by atoms with Crippen molar-refractivity contribution in [3.05, 3.63) is 0 Å². The molecule has 0 atom stereocenters. The number of ether oxygens (including phenoxy) is 2. The minimum absolute atomic E-state index is 0.150. The molecular formula is C9H14O4. The molecule has 1 rings (SSSR count). The fraction of sp³-hybridized carbons (Fsp3) is 0.778. The summed E-state index contributed by atoms with van der Waals surface area (Å²) >= 11 is 0. The van der Waals surface area contributed by atoms with Crippen LogP contribution in [0.25, 0.3) is 0 Å². The van der Waals surface area contributed by atoms with Crippen LogP contribution in [0.15, 0.2) is 0 Å². The summed E-state index contributed by atoms with van der Waals surface area (Å²) in [6.45, 7) is 3.51. The maximum absolute atomic E-state index is 11.2. The monoisotopic (exact) mass is 186 g/mol. The van der Waals surface area contributed by atoms with E-state index in [1.54, 1.807) is 0 Å². The molecule has 1 fully saturated rings. The van der Waals surface area contributed by atoms with E-state index in [-0.39, 0.29) is 30.6 Å². The Morgan fingerprint density at radius 2 is 1.77 bits per heavy atom. The lowest BCUT2D eigenvalue weighted by Gasteiger charge is -2.08. The SMILES string of the molecule is CC(=O)OCCOC(=O)C1(C)CC1. The number of hydrogen-bond acceptors (Lipinski definition) is 4. The van der Waals surface area contributed by atoms with Crippen molar-refractivity contribution in [3.8, 4) is 0 Å². The lowest BCUT2D eigenvalue weighted by Crippen LogP contribution is -2.18. The first-order valence-electron chi connectivity index (χ1n) is 4.35. The second kappa shape index (κ2) is 3.77. The summed E-state index contributed by atoms with van der Waals surface area (Å²) in [6, 6.07) is 0. The Balaban J connectivity index is 2.06. The van der Waals surface area contributed by atoms with Crippen LogP contribution in [0.3, 0.4) is 0 Å². The summed E-state index contributed by atoms with van der Waals surface area (Å²) < 4.78 is 9.51. The van der Waals surface area contributed by atoms with Crippen LogP contribution in [-0.4, -0.2) is 25.2 Å². The molecule has 74 valence electrons. The zero-order chi connectivity index (χ0) is 9.90. The molecule has 0 radical (unpaired) electrons. The van der Waals surface area contributed by atoms with Gasteiger partial charge in [-0.25, -0.2) is 0 Å². The quantitative estimate of drug-likeness (QED) is 0.483. The number of hydrogen-bond donors (Lipinski definition) is 0. The van der Waals surface area contributed by atoms with Gasteiger partial charge < -0.3 is 9.47 Å². The molecule has 0 saturated heterocycles. The molecule has 0 spiro atoms. The number of carbonyl (C=O) groups excluding carboxylic acids is 2. The Kier molecular flexibility index (Phi) is 2.90. The van der Waals surface area contributed by atoms with Gasteiger partial charge in [-0.2, -0.15) is 0 Å². The summed E-state index contributed by atoms with van der Waals surface area (Å²) in [4.78, 5) is 21.5. The third-order valence-electron chi connectivity index (χ3n) is 2.11. The smallest absolute Gasteiger partial charge is 0.311 e. The minimum Gasteiger partial charge on any atom is -0.462 e. The summed E-state index contributed by atoms with van der Waals surface area (Å²) in [5.74, 6) is -0.534. The largest absolute Gasteiger partial charge is 0.462 e. The van der Waals surface area contributed by atoms with Crippen LogP contribution in [-0.2, 0) is 19.1 Å². The molecule has 0 aliphatic heterocycles. The Hall–Kier alpha value is -1.06. The second-order valence-electron chi connectivity index (χ2n) is 3.54. The van der Waals surface area contributed by atoms with Gasteiger partial charge in [-0.1, -0.05) is 0 Å². The standard InChI is InChI=1S/C9H14O4/c1-7(10)12-5-6-13-8(11)9(2)3-4-9/h3-6H2,1-2H3. The van der Waals surface area contributed by atoms with E-state index in [9.17, 15) is 9.59 Å². The topological polar surface area (TPSA) is 52.6 Å². The Labute approximate surface area is 77.2 Å². The van der Waals surface area contributed by atoms with Gasteiger partial charge in [-0.05, 0) is 19.8 Å². The van der Waals surface area contributed by atoms with Crippen molar-refractivity contribution < 1.29 is 19.1 Å². The number of rotatable bonds is 4. The van der Waals surface area contributed by atoms with Crippen LogP contribution in [0, 0.1) is 5.41 Å². The highest BCUT2D eigenvalue weighted by molar-refractivity contribution is 5.79. The molecule has 4 nitrogen and oxygen atoms in total. The lowest BCUT2D eigenvalue weighted by atomic mass is 10.1. The Morgan fingerprint density at radius 3 is 2.23 bits per heavy atom. The van der Waals surface area contributed by atoms with Gasteiger partial charge >= 0.3 is 11.9 Å². The average Bonchev–Trinajstić information content (AvgIpc) is 2.78. The first-order chi connectivity index (χ1) is 6.04. The molecule has 0 aromatic heterocycles. The highest BCUT2D eigenvalue weighted by Gasteiger charge is 2.46. The highest BCUT2D eigenvalue weighted by atomic mass is 16.6. The Morgan fingerprint density at radius 1 is 1.23 bits per heavy atom. The van der Waals surface area contributed by atoms with Crippen molar-refractivity contribution in [2.24, 2.45) is 5.41 Å². The first-order valence-corrected chi connectivity index (χ1v) is 4.35. The van der Waals surface area contributed by atoms with Gasteiger partial charge in [0.25, 0.3) is 0 Å². The Bertz CT molecular complexity index is 218. The van der Waals surface area contributed by atoms with Gasteiger partial charge in [-0.3, -0.25) is 9.59 Å². The van der Waals surface area contributed by atoms with Crippen molar-refractivity contribution >= 4 is 11.9 Å². The number of esters is 2. The van der Waals surface area contributed by atoms with E-state index in [0.717, 1.165) is 12.8 Å². The van der Waals surface area contributed by atoms with Gasteiger partial charge in [0, 0.05) is 6.92 Å². The summed E-state index contributed by atoms with van der Waals surface area (Å²) in [6.07, 6.45) is 1.80. The minimum atomic E-state index is -0.353. The molecule has 0 aromatic carbocycles. The van der Waals surface area contributed by atoms with E-state index in [1.165, 1.54) is 6.92 Å². The van der Waals surface area contributed by atoms with Crippen LogP contribution >= 0.6 is 0 Å². The van der Waals surface area contributed by atoms with E-state index in [1.807, 2.05) is 6.92 Å². The molecular weight excluding hydrogens is 172 g/mol. The lowest BCUT2D eigenvalue weighted by molar-refractivity contribution is -0.154. The van der Waals surface area contributed by atoms with Crippen LogP contribution in [0.4, 0.5) is 0 Å². The fourth-order valence-corrected chi connectivity index (χ4v) is 0.886. The summed E-state index contributed by atoms with van der Waals surface area (Å²) in [7, 11) is 0. The number of carbonyl (C=O) groups is 2. The molecule has 0 unspecified atom stereocenters. The molecule has 1 saturated carbocycles. The van der Waals surface area contributed by atoms with E-state index in [2.05, 4.69) is 4.74 Å². The van der Waals surface area contributed by atoms with Gasteiger partial charge in [0.2, 0.25) is 0 Å². The van der Waals surface area contributed by atoms with Crippen molar-refractivity contribution in [2.45, 2.75) is 26.7 Å². The van der Waals surface area contributed by atoms with Crippen LogP contribution in [0.2, 0.25) is 0 Å². The zero-order valence-electron chi connectivity index (χ0n) is 7.96. The maximum atomic E-state index is 11.2. The van der Waals surface area contributed by atoms with Crippen LogP contribution in [0.1, 0.15) is 26.7 Å². The van der Waals surface area contributed by atoms with Crippen molar-refractivity contribution in [2.75, 3.05) is 13.2 Å². The molecule has 0 aromatic rings. The normalized spacial score (nSPS) is 17.7.